The van der Waals surface area contributed by atoms with Crippen LogP contribution in [0.15, 0.2) is 35.2 Å². The molecule has 92 valence electrons. The van der Waals surface area contributed by atoms with Crippen molar-refractivity contribution in [3.8, 4) is 5.75 Å². The van der Waals surface area contributed by atoms with Gasteiger partial charge in [-0.2, -0.15) is 0 Å². The lowest BCUT2D eigenvalue weighted by Gasteiger charge is -2.02. The molecular formula is C11H8N2O4S. The molecule has 0 saturated carbocycles. The first-order chi connectivity index (χ1) is 8.54. The summed E-state index contributed by atoms with van der Waals surface area (Å²) in [5.74, 6) is -1.12. The molecule has 7 heteroatoms. The second kappa shape index (κ2) is 4.92. The van der Waals surface area contributed by atoms with E-state index in [9.17, 15) is 19.5 Å². The number of imide groups is 1. The van der Waals surface area contributed by atoms with E-state index in [1.54, 1.807) is 12.1 Å². The summed E-state index contributed by atoms with van der Waals surface area (Å²) in [6.07, 6.45) is 1.04. The molecule has 1 aliphatic heterocycles. The van der Waals surface area contributed by atoms with E-state index >= 15 is 0 Å². The summed E-state index contributed by atoms with van der Waals surface area (Å²) in [5, 5.41) is 13.2. The largest absolute Gasteiger partial charge is 0.508 e. The van der Waals surface area contributed by atoms with Gasteiger partial charge in [-0.25, -0.2) is 0 Å². The lowest BCUT2D eigenvalue weighted by molar-refractivity contribution is -0.116. The molecule has 1 aromatic rings. The Kier molecular flexibility index (Phi) is 3.33. The van der Waals surface area contributed by atoms with Gasteiger partial charge in [0.15, 0.2) is 0 Å². The molecule has 1 fully saturated rings. The molecule has 1 saturated heterocycles. The number of hydrogen-bond acceptors (Lipinski definition) is 5. The number of carbonyl (C=O) groups excluding carboxylic acids is 3. The highest BCUT2D eigenvalue weighted by atomic mass is 32.2. The van der Waals surface area contributed by atoms with Crippen LogP contribution in [0.25, 0.3) is 0 Å². The minimum absolute atomic E-state index is 0.0172. The molecular weight excluding hydrogens is 256 g/mol. The van der Waals surface area contributed by atoms with E-state index in [1.807, 2.05) is 5.32 Å². The zero-order chi connectivity index (χ0) is 13.1. The van der Waals surface area contributed by atoms with Crippen molar-refractivity contribution in [2.24, 2.45) is 0 Å². The van der Waals surface area contributed by atoms with Crippen molar-refractivity contribution in [2.75, 3.05) is 5.32 Å². The summed E-state index contributed by atoms with van der Waals surface area (Å²) < 4.78 is 0. The number of benzene rings is 1. The van der Waals surface area contributed by atoms with Crippen LogP contribution < -0.4 is 10.6 Å². The van der Waals surface area contributed by atoms with Crippen molar-refractivity contribution in [3.63, 3.8) is 0 Å². The van der Waals surface area contributed by atoms with Crippen LogP contribution in [0.4, 0.5) is 10.5 Å². The maximum Gasteiger partial charge on any atom is 0.290 e. The topological polar surface area (TPSA) is 95.5 Å². The normalized spacial score (nSPS) is 16.8. The standard InChI is InChI=1S/C11H8N2O4S/c14-7-3-1-2-6(4-7)12-9(15)5-8-10(16)13-11(17)18-8/h1-5,14H,(H,12,15)(H,13,16,17)/b8-5+. The summed E-state index contributed by atoms with van der Waals surface area (Å²) in [6.45, 7) is 0. The molecule has 0 bridgehead atoms. The van der Waals surface area contributed by atoms with E-state index in [4.69, 9.17) is 0 Å². The molecule has 18 heavy (non-hydrogen) atoms. The van der Waals surface area contributed by atoms with Crippen LogP contribution in [0.1, 0.15) is 0 Å². The third kappa shape index (κ3) is 2.89. The molecule has 0 unspecified atom stereocenters. The Labute approximate surface area is 106 Å². The van der Waals surface area contributed by atoms with Gasteiger partial charge < -0.3 is 10.4 Å². The van der Waals surface area contributed by atoms with Crippen LogP contribution in [-0.4, -0.2) is 22.2 Å². The highest BCUT2D eigenvalue weighted by Gasteiger charge is 2.25. The lowest BCUT2D eigenvalue weighted by Crippen LogP contribution is -2.18. The minimum Gasteiger partial charge on any atom is -0.508 e. The van der Waals surface area contributed by atoms with Crippen molar-refractivity contribution in [2.45, 2.75) is 0 Å². The van der Waals surface area contributed by atoms with E-state index in [0.717, 1.165) is 6.08 Å². The number of hydrogen-bond donors (Lipinski definition) is 3. The van der Waals surface area contributed by atoms with Crippen molar-refractivity contribution in [1.82, 2.24) is 5.32 Å². The highest BCUT2D eigenvalue weighted by molar-refractivity contribution is 8.18. The molecule has 0 aromatic heterocycles. The maximum atomic E-state index is 11.6. The first-order valence-electron chi connectivity index (χ1n) is 4.89. The molecule has 3 N–H and O–H groups in total. The summed E-state index contributed by atoms with van der Waals surface area (Å²) in [5.41, 5.74) is 0.395. The van der Waals surface area contributed by atoms with Gasteiger partial charge in [0, 0.05) is 17.8 Å². The first kappa shape index (κ1) is 12.2. The van der Waals surface area contributed by atoms with Gasteiger partial charge >= 0.3 is 0 Å². The zero-order valence-corrected chi connectivity index (χ0v) is 9.78. The highest BCUT2D eigenvalue weighted by Crippen LogP contribution is 2.23. The summed E-state index contributed by atoms with van der Waals surface area (Å²) in [7, 11) is 0. The van der Waals surface area contributed by atoms with Crippen LogP contribution in [0.2, 0.25) is 0 Å². The van der Waals surface area contributed by atoms with Crippen LogP contribution in [0.5, 0.6) is 5.75 Å². The zero-order valence-electron chi connectivity index (χ0n) is 8.97. The SMILES string of the molecule is O=C(/C=C1/SC(=O)NC1=O)Nc1cccc(O)c1. The fourth-order valence-corrected chi connectivity index (χ4v) is 1.96. The maximum absolute atomic E-state index is 11.6. The Balaban J connectivity index is 2.07. The van der Waals surface area contributed by atoms with E-state index in [1.165, 1.54) is 12.1 Å². The van der Waals surface area contributed by atoms with Gasteiger partial charge in [0.25, 0.3) is 11.1 Å². The number of anilines is 1. The first-order valence-corrected chi connectivity index (χ1v) is 5.71. The molecule has 0 aliphatic carbocycles. The van der Waals surface area contributed by atoms with Gasteiger partial charge in [-0.15, -0.1) is 0 Å². The fraction of sp³-hybridized carbons (Fsp3) is 0. The molecule has 2 rings (SSSR count). The molecule has 1 aromatic carbocycles. The van der Waals surface area contributed by atoms with Crippen LogP contribution in [0, 0.1) is 0 Å². The average Bonchev–Trinajstić information content (AvgIpc) is 2.57. The molecule has 1 heterocycles. The average molecular weight is 264 g/mol. The van der Waals surface area contributed by atoms with Gasteiger partial charge in [-0.05, 0) is 23.9 Å². The molecule has 0 radical (unpaired) electrons. The van der Waals surface area contributed by atoms with Gasteiger partial charge in [0.05, 0.1) is 4.91 Å². The Morgan fingerprint density at radius 2 is 2.17 bits per heavy atom. The molecule has 0 spiro atoms. The predicted octanol–water partition coefficient (Wildman–Crippen LogP) is 1.20. The van der Waals surface area contributed by atoms with E-state index in [0.29, 0.717) is 17.4 Å². The van der Waals surface area contributed by atoms with Crippen molar-refractivity contribution in [3.05, 3.63) is 35.2 Å². The van der Waals surface area contributed by atoms with Gasteiger partial charge in [-0.3, -0.25) is 19.7 Å². The van der Waals surface area contributed by atoms with Gasteiger partial charge in [0.2, 0.25) is 5.91 Å². The molecule has 0 atom stereocenters. The number of rotatable bonds is 2. The van der Waals surface area contributed by atoms with Gasteiger partial charge in [0.1, 0.15) is 5.75 Å². The molecule has 6 nitrogen and oxygen atoms in total. The number of amides is 3. The second-order valence-corrected chi connectivity index (χ2v) is 4.41. The smallest absolute Gasteiger partial charge is 0.290 e. The van der Waals surface area contributed by atoms with E-state index in [2.05, 4.69) is 5.32 Å². The summed E-state index contributed by atoms with van der Waals surface area (Å²) in [6, 6.07) is 5.98. The number of aromatic hydroxyl groups is 1. The summed E-state index contributed by atoms with van der Waals surface area (Å²) >= 11 is 0.667. The van der Waals surface area contributed by atoms with E-state index in [-0.39, 0.29) is 10.7 Å². The number of thioether (sulfide) groups is 1. The third-order valence-electron chi connectivity index (χ3n) is 2.02. The van der Waals surface area contributed by atoms with Gasteiger partial charge in [-0.1, -0.05) is 6.07 Å². The van der Waals surface area contributed by atoms with Crippen molar-refractivity contribution in [1.29, 1.82) is 0 Å². The van der Waals surface area contributed by atoms with E-state index < -0.39 is 17.1 Å². The summed E-state index contributed by atoms with van der Waals surface area (Å²) in [4.78, 5) is 33.7. The monoisotopic (exact) mass is 264 g/mol. The van der Waals surface area contributed by atoms with Crippen molar-refractivity contribution >= 4 is 34.5 Å². The lowest BCUT2D eigenvalue weighted by atomic mass is 10.3. The minimum atomic E-state index is -0.587. The number of carbonyl (C=O) groups is 3. The Hall–Kier alpha value is -2.28. The Morgan fingerprint density at radius 1 is 1.39 bits per heavy atom. The third-order valence-corrected chi connectivity index (χ3v) is 2.83. The van der Waals surface area contributed by atoms with Crippen LogP contribution in [0.3, 0.4) is 0 Å². The second-order valence-electron chi connectivity index (χ2n) is 3.39. The Morgan fingerprint density at radius 3 is 2.78 bits per heavy atom. The number of phenolic OH excluding ortho intramolecular Hbond substituents is 1. The molecule has 3 amide bonds. The number of phenols is 1. The van der Waals surface area contributed by atoms with Crippen molar-refractivity contribution < 1.29 is 19.5 Å². The Bertz CT molecular complexity index is 568. The van der Waals surface area contributed by atoms with Crippen LogP contribution in [-0.2, 0) is 9.59 Å². The predicted molar refractivity (Wildman–Crippen MR) is 65.9 cm³/mol. The number of nitrogens with one attached hydrogen (secondary N) is 2. The van der Waals surface area contributed by atoms with Crippen LogP contribution >= 0.6 is 11.8 Å². The molecule has 1 aliphatic rings. The quantitative estimate of drug-likeness (QED) is 0.697. The fourth-order valence-electron chi connectivity index (χ4n) is 1.30.